The summed E-state index contributed by atoms with van der Waals surface area (Å²) in [6.45, 7) is 2.28. The van der Waals surface area contributed by atoms with Crippen LogP contribution < -0.4 is 10.5 Å². The summed E-state index contributed by atoms with van der Waals surface area (Å²) in [5, 5.41) is -0.498. The van der Waals surface area contributed by atoms with E-state index in [1.165, 1.54) is 0 Å². The molecule has 0 saturated carbocycles. The average molecular weight is 226 g/mol. The van der Waals surface area contributed by atoms with Gasteiger partial charge in [-0.15, -0.1) is 0 Å². The number of nitrogens with two attached hydrogens (primary N) is 1. The van der Waals surface area contributed by atoms with Crippen LogP contribution in [0.4, 0.5) is 0 Å². The first-order valence-electron chi connectivity index (χ1n) is 4.22. The Balaban J connectivity index is 3.77. The van der Waals surface area contributed by atoms with Gasteiger partial charge in [0.25, 0.3) is 0 Å². The lowest BCUT2D eigenvalue weighted by molar-refractivity contribution is 0.568. The molecule has 0 rings (SSSR count). The molecule has 0 aromatic rings. The highest BCUT2D eigenvalue weighted by Crippen LogP contribution is 1.98. The minimum atomic E-state index is -3.18. The second-order valence-corrected chi connectivity index (χ2v) is 6.00. The minimum absolute atomic E-state index is 0.165. The molecule has 0 fully saturated rings. The zero-order valence-electron chi connectivity index (χ0n) is 8.12. The maximum Gasteiger partial charge on any atom is 0.215 e. The molecule has 13 heavy (non-hydrogen) atoms. The first kappa shape index (κ1) is 13.2. The van der Waals surface area contributed by atoms with E-state index >= 15 is 0 Å². The molecule has 3 N–H and O–H groups in total. The maximum atomic E-state index is 11.3. The molecule has 0 aromatic carbocycles. The van der Waals surface area contributed by atoms with Crippen molar-refractivity contribution in [3.8, 4) is 0 Å². The van der Waals surface area contributed by atoms with Gasteiger partial charge in [0, 0.05) is 13.1 Å². The first-order valence-corrected chi connectivity index (χ1v) is 7.16. The predicted octanol–water partition coefficient (Wildman–Crippen LogP) is 0.00610. The van der Waals surface area contributed by atoms with Crippen LogP contribution in [0.1, 0.15) is 13.3 Å². The Morgan fingerprint density at radius 2 is 2.15 bits per heavy atom. The summed E-state index contributed by atoms with van der Waals surface area (Å²) in [5.74, 6) is 0.972. The van der Waals surface area contributed by atoms with Crippen LogP contribution in [0, 0.1) is 0 Å². The van der Waals surface area contributed by atoms with Crippen LogP contribution in [0.15, 0.2) is 0 Å². The number of hydrogen-bond acceptors (Lipinski definition) is 4. The molecule has 0 aliphatic rings. The number of nitrogens with one attached hydrogen (secondary N) is 1. The van der Waals surface area contributed by atoms with E-state index in [-0.39, 0.29) is 6.54 Å². The summed E-state index contributed by atoms with van der Waals surface area (Å²) < 4.78 is 25.2. The molecule has 0 bridgehead atoms. The standard InChI is InChI=1S/C7H18N2O2S2/c1-7(6-8)13(10,11)9-4-3-5-12-2/h7,9H,3-6,8H2,1-2H3. The zero-order valence-corrected chi connectivity index (χ0v) is 9.75. The van der Waals surface area contributed by atoms with Crippen LogP contribution in [-0.2, 0) is 10.0 Å². The third kappa shape index (κ3) is 5.51. The molecule has 6 heteroatoms. The summed E-state index contributed by atoms with van der Waals surface area (Å²) in [6, 6.07) is 0. The Kier molecular flexibility index (Phi) is 6.75. The lowest BCUT2D eigenvalue weighted by atomic mass is 10.5. The van der Waals surface area contributed by atoms with Gasteiger partial charge in [-0.1, -0.05) is 0 Å². The zero-order chi connectivity index (χ0) is 10.3. The second-order valence-electron chi connectivity index (χ2n) is 2.83. The average Bonchev–Trinajstić information content (AvgIpc) is 2.11. The molecule has 4 nitrogen and oxygen atoms in total. The highest BCUT2D eigenvalue weighted by molar-refractivity contribution is 7.98. The number of sulfonamides is 1. The Labute approximate surface area is 84.7 Å². The van der Waals surface area contributed by atoms with E-state index in [9.17, 15) is 8.42 Å². The summed E-state index contributed by atoms with van der Waals surface area (Å²) in [7, 11) is -3.18. The van der Waals surface area contributed by atoms with E-state index < -0.39 is 15.3 Å². The van der Waals surface area contributed by atoms with Crippen LogP contribution in [0.3, 0.4) is 0 Å². The third-order valence-electron chi connectivity index (χ3n) is 1.69. The predicted molar refractivity (Wildman–Crippen MR) is 58.4 cm³/mol. The van der Waals surface area contributed by atoms with Crippen LogP contribution in [0.2, 0.25) is 0 Å². The maximum absolute atomic E-state index is 11.3. The molecule has 0 radical (unpaired) electrons. The smallest absolute Gasteiger partial charge is 0.215 e. The summed E-state index contributed by atoms with van der Waals surface area (Å²) in [4.78, 5) is 0. The third-order valence-corrected chi connectivity index (χ3v) is 4.25. The van der Waals surface area contributed by atoms with E-state index in [0.717, 1.165) is 12.2 Å². The summed E-state index contributed by atoms with van der Waals surface area (Å²) in [5.41, 5.74) is 5.27. The normalized spacial score (nSPS) is 14.4. The second kappa shape index (κ2) is 6.64. The van der Waals surface area contributed by atoms with E-state index in [0.29, 0.717) is 6.54 Å². The number of thioether (sulfide) groups is 1. The van der Waals surface area contributed by atoms with Crippen molar-refractivity contribution < 1.29 is 8.42 Å². The molecular weight excluding hydrogens is 208 g/mol. The molecule has 0 heterocycles. The van der Waals surface area contributed by atoms with Crippen molar-refractivity contribution in [1.29, 1.82) is 0 Å². The molecule has 80 valence electrons. The van der Waals surface area contributed by atoms with E-state index in [2.05, 4.69) is 4.72 Å². The first-order chi connectivity index (χ1) is 6.04. The molecular formula is C7H18N2O2S2. The minimum Gasteiger partial charge on any atom is -0.329 e. The van der Waals surface area contributed by atoms with Crippen LogP contribution in [0.25, 0.3) is 0 Å². The molecule has 1 unspecified atom stereocenters. The van der Waals surface area contributed by atoms with E-state index in [1.54, 1.807) is 18.7 Å². The molecule has 1 atom stereocenters. The largest absolute Gasteiger partial charge is 0.329 e. The van der Waals surface area contributed by atoms with Crippen LogP contribution in [0.5, 0.6) is 0 Å². The van der Waals surface area contributed by atoms with Gasteiger partial charge in [-0.2, -0.15) is 11.8 Å². The lowest BCUT2D eigenvalue weighted by Crippen LogP contribution is -2.37. The van der Waals surface area contributed by atoms with Crippen LogP contribution >= 0.6 is 11.8 Å². The van der Waals surface area contributed by atoms with Gasteiger partial charge >= 0.3 is 0 Å². The fourth-order valence-corrected chi connectivity index (χ4v) is 2.10. The Hall–Kier alpha value is 0.220. The van der Waals surface area contributed by atoms with Gasteiger partial charge in [-0.25, -0.2) is 13.1 Å². The monoisotopic (exact) mass is 226 g/mol. The van der Waals surface area contributed by atoms with E-state index in [4.69, 9.17) is 5.73 Å². The van der Waals surface area contributed by atoms with Gasteiger partial charge in [-0.3, -0.25) is 0 Å². The van der Waals surface area contributed by atoms with Gasteiger partial charge in [0.1, 0.15) is 0 Å². The molecule has 0 aromatic heterocycles. The Morgan fingerprint density at radius 1 is 1.54 bits per heavy atom. The van der Waals surface area contributed by atoms with Gasteiger partial charge in [0.2, 0.25) is 10.0 Å². The topological polar surface area (TPSA) is 72.2 Å². The van der Waals surface area contributed by atoms with Crippen molar-refractivity contribution in [3.63, 3.8) is 0 Å². The summed E-state index contributed by atoms with van der Waals surface area (Å²) in [6.07, 6.45) is 2.86. The molecule has 0 aliphatic carbocycles. The van der Waals surface area contributed by atoms with Gasteiger partial charge in [-0.05, 0) is 25.4 Å². The summed E-state index contributed by atoms with van der Waals surface area (Å²) >= 11 is 1.71. The molecule has 0 saturated heterocycles. The highest BCUT2D eigenvalue weighted by Gasteiger charge is 2.17. The molecule has 0 amide bonds. The van der Waals surface area contributed by atoms with Gasteiger partial charge < -0.3 is 5.73 Å². The van der Waals surface area contributed by atoms with Crippen LogP contribution in [-0.4, -0.2) is 38.8 Å². The van der Waals surface area contributed by atoms with Crippen molar-refractivity contribution in [2.45, 2.75) is 18.6 Å². The van der Waals surface area contributed by atoms with Gasteiger partial charge in [0.15, 0.2) is 0 Å². The van der Waals surface area contributed by atoms with Crippen molar-refractivity contribution in [2.75, 3.05) is 25.1 Å². The molecule has 0 aliphatic heterocycles. The highest BCUT2D eigenvalue weighted by atomic mass is 32.2. The fraction of sp³-hybridized carbons (Fsp3) is 1.00. The van der Waals surface area contributed by atoms with Crippen molar-refractivity contribution >= 4 is 21.8 Å². The quantitative estimate of drug-likeness (QED) is 0.600. The van der Waals surface area contributed by atoms with E-state index in [1.807, 2.05) is 6.26 Å². The number of hydrogen-bond donors (Lipinski definition) is 2. The Bertz CT molecular complexity index is 217. The van der Waals surface area contributed by atoms with Crippen molar-refractivity contribution in [1.82, 2.24) is 4.72 Å². The Morgan fingerprint density at radius 3 is 2.62 bits per heavy atom. The van der Waals surface area contributed by atoms with Gasteiger partial charge in [0.05, 0.1) is 5.25 Å². The van der Waals surface area contributed by atoms with Crippen molar-refractivity contribution in [3.05, 3.63) is 0 Å². The lowest BCUT2D eigenvalue weighted by Gasteiger charge is -2.11. The molecule has 0 spiro atoms. The fourth-order valence-electron chi connectivity index (χ4n) is 0.700. The number of rotatable bonds is 7. The SMILES string of the molecule is CSCCCNS(=O)(=O)C(C)CN. The van der Waals surface area contributed by atoms with Crippen molar-refractivity contribution in [2.24, 2.45) is 5.73 Å².